The van der Waals surface area contributed by atoms with Crippen molar-refractivity contribution < 1.29 is 32.6 Å². The van der Waals surface area contributed by atoms with Crippen molar-refractivity contribution in [3.63, 3.8) is 0 Å². The van der Waals surface area contributed by atoms with E-state index in [0.717, 1.165) is 34.3 Å². The van der Waals surface area contributed by atoms with Crippen molar-refractivity contribution >= 4 is 33.8 Å². The van der Waals surface area contributed by atoms with E-state index in [1.54, 1.807) is 19.1 Å². The van der Waals surface area contributed by atoms with Gasteiger partial charge in [0.1, 0.15) is 0 Å². The predicted molar refractivity (Wildman–Crippen MR) is 163 cm³/mol. The Labute approximate surface area is 258 Å². The van der Waals surface area contributed by atoms with Gasteiger partial charge in [-0.1, -0.05) is 20.8 Å². The summed E-state index contributed by atoms with van der Waals surface area (Å²) in [5, 5.41) is 10.5. The van der Waals surface area contributed by atoms with Crippen LogP contribution in [0.4, 0.5) is 13.2 Å². The Hall–Kier alpha value is -3.99. The number of hydrogen-bond acceptors (Lipinski definition) is 6. The molecule has 0 aromatic carbocycles. The minimum Gasteiger partial charge on any atom is -0.469 e. The van der Waals surface area contributed by atoms with Crippen LogP contribution in [0, 0.1) is 13.8 Å². The van der Waals surface area contributed by atoms with E-state index >= 15 is 0 Å². The highest BCUT2D eigenvalue weighted by molar-refractivity contribution is 6.13. The number of aromatic amines is 2. The zero-order valence-electron chi connectivity index (χ0n) is 26.1. The SMILES string of the molecule is CC[C@H]1c2cc3[nH]c4c(c5nc(cc6[nH]c(cc(n2)[C@@H]1C)c(C(O)C(F)(F)F)c6C)[C@@H](C)[C@@H]5CCC(=O)OC)CC(=O)c4c3C. The van der Waals surface area contributed by atoms with Gasteiger partial charge in [0, 0.05) is 86.8 Å². The standard InChI is InChI=1S/C34H37F3N4O4/c1-7-18-14(2)21-13-26-29(33(44)34(35,36)37)16(4)23(39-26)11-22-15(3)19(8-9-28(43)45-6)31(40-22)20-10-27(42)30-17(5)24(41-32(20)30)12-25(18)38-21/h11-15,18-19,33,39,41,44H,7-10H2,1-6H3/t14-,15+,18-,19+,33?/m1/s1. The molecule has 5 atom stereocenters. The second-order valence-corrected chi connectivity index (χ2v) is 12.6. The Bertz CT molecular complexity index is 1890. The first-order chi connectivity index (χ1) is 21.2. The molecule has 6 rings (SSSR count). The van der Waals surface area contributed by atoms with Gasteiger partial charge in [-0.15, -0.1) is 0 Å². The van der Waals surface area contributed by atoms with Gasteiger partial charge < -0.3 is 19.8 Å². The van der Waals surface area contributed by atoms with Crippen molar-refractivity contribution in [3.8, 4) is 0 Å². The number of methoxy groups -OCH3 is 1. The molecule has 0 radical (unpaired) electrons. The molecule has 0 fully saturated rings. The summed E-state index contributed by atoms with van der Waals surface area (Å²) in [6.07, 6.45) is -6.11. The summed E-state index contributed by atoms with van der Waals surface area (Å²) in [6, 6.07) is 5.27. The number of fused-ring (bicyclic) bond motifs is 8. The second kappa shape index (κ2) is 11.1. The van der Waals surface area contributed by atoms with E-state index in [4.69, 9.17) is 14.7 Å². The average Bonchev–Trinajstić information content (AvgIpc) is 3.73. The van der Waals surface area contributed by atoms with Gasteiger partial charge >= 0.3 is 12.1 Å². The van der Waals surface area contributed by atoms with Crippen molar-refractivity contribution in [1.29, 1.82) is 0 Å². The number of alkyl halides is 3. The number of hydrogen-bond donors (Lipinski definition) is 3. The van der Waals surface area contributed by atoms with Crippen LogP contribution in [0.3, 0.4) is 0 Å². The molecule has 3 aromatic rings. The number of ether oxygens (including phenoxy) is 1. The van der Waals surface area contributed by atoms with Gasteiger partial charge in [-0.25, -0.2) is 0 Å². The van der Waals surface area contributed by atoms with Gasteiger partial charge in [0.05, 0.1) is 18.3 Å². The molecule has 8 bridgehead atoms. The molecule has 2 aliphatic heterocycles. The van der Waals surface area contributed by atoms with Gasteiger partial charge in [0.25, 0.3) is 0 Å². The Morgan fingerprint density at radius 3 is 2.29 bits per heavy atom. The maximum absolute atomic E-state index is 14.0. The second-order valence-electron chi connectivity index (χ2n) is 12.6. The maximum Gasteiger partial charge on any atom is 0.418 e. The lowest BCUT2D eigenvalue weighted by Gasteiger charge is -2.16. The van der Waals surface area contributed by atoms with E-state index in [1.807, 2.05) is 33.8 Å². The summed E-state index contributed by atoms with van der Waals surface area (Å²) in [5.41, 5.74) is 6.89. The number of halogens is 3. The zero-order valence-corrected chi connectivity index (χ0v) is 26.1. The number of Topliss-reactive ketones (excluding diaryl/α,β-unsaturated/α-hetero) is 1. The summed E-state index contributed by atoms with van der Waals surface area (Å²) >= 11 is 0. The van der Waals surface area contributed by atoms with E-state index < -0.39 is 12.3 Å². The quantitative estimate of drug-likeness (QED) is 0.255. The summed E-state index contributed by atoms with van der Waals surface area (Å²) in [5.74, 6) is -0.932. The van der Waals surface area contributed by atoms with Crippen LogP contribution in [-0.4, -0.2) is 50.1 Å². The van der Waals surface area contributed by atoms with Gasteiger partial charge in [0.15, 0.2) is 11.9 Å². The molecule has 1 aliphatic carbocycles. The third-order valence-corrected chi connectivity index (χ3v) is 10.0. The molecule has 5 heterocycles. The van der Waals surface area contributed by atoms with Crippen molar-refractivity contribution in [3.05, 3.63) is 68.8 Å². The van der Waals surface area contributed by atoms with E-state index in [-0.39, 0.29) is 64.9 Å². The van der Waals surface area contributed by atoms with Gasteiger partial charge in [0.2, 0.25) is 0 Å². The number of rotatable bonds is 5. The normalized spacial score (nSPS) is 21.8. The first kappa shape index (κ1) is 31.0. The van der Waals surface area contributed by atoms with Crippen LogP contribution in [0.1, 0.15) is 125 Å². The van der Waals surface area contributed by atoms with Crippen molar-refractivity contribution in [2.45, 2.75) is 96.3 Å². The van der Waals surface area contributed by atoms with E-state index in [0.29, 0.717) is 34.6 Å². The number of ketones is 1. The number of aryl methyl sites for hydroxylation is 2. The average molecular weight is 623 g/mol. The fraction of sp³-hybridized carbons (Fsp3) is 0.471. The minimum atomic E-state index is -4.88. The summed E-state index contributed by atoms with van der Waals surface area (Å²) < 4.78 is 46.8. The smallest absolute Gasteiger partial charge is 0.418 e. The Kier molecular flexibility index (Phi) is 7.66. The minimum absolute atomic E-state index is 0.00111. The lowest BCUT2D eigenvalue weighted by atomic mass is 9.85. The highest BCUT2D eigenvalue weighted by atomic mass is 19.4. The molecule has 3 aliphatic rings. The first-order valence-electron chi connectivity index (χ1n) is 15.4. The predicted octanol–water partition coefficient (Wildman–Crippen LogP) is 7.40. The number of carbonyl (C=O) groups excluding carboxylic acids is 2. The van der Waals surface area contributed by atoms with Crippen LogP contribution in [0.5, 0.6) is 0 Å². The summed E-state index contributed by atoms with van der Waals surface area (Å²) in [4.78, 5) is 42.2. The Morgan fingerprint density at radius 2 is 1.62 bits per heavy atom. The summed E-state index contributed by atoms with van der Waals surface area (Å²) in [7, 11) is 1.33. The lowest BCUT2D eigenvalue weighted by Crippen LogP contribution is -2.20. The van der Waals surface area contributed by atoms with Gasteiger partial charge in [-0.2, -0.15) is 13.2 Å². The highest BCUT2D eigenvalue weighted by Crippen LogP contribution is 2.46. The van der Waals surface area contributed by atoms with Crippen molar-refractivity contribution in [2.24, 2.45) is 0 Å². The largest absolute Gasteiger partial charge is 0.469 e. The number of aromatic nitrogens is 4. The maximum atomic E-state index is 14.0. The molecule has 0 spiro atoms. The van der Waals surface area contributed by atoms with Gasteiger partial charge in [-0.3, -0.25) is 19.6 Å². The van der Waals surface area contributed by atoms with Crippen LogP contribution in [0.15, 0.2) is 18.2 Å². The van der Waals surface area contributed by atoms with Crippen molar-refractivity contribution in [1.82, 2.24) is 19.9 Å². The topological polar surface area (TPSA) is 121 Å². The highest BCUT2D eigenvalue weighted by Gasteiger charge is 2.42. The molecular formula is C34H37F3N4O4. The van der Waals surface area contributed by atoms with E-state index in [1.165, 1.54) is 7.11 Å². The van der Waals surface area contributed by atoms with Gasteiger partial charge in [-0.05, 0) is 56.0 Å². The fourth-order valence-corrected chi connectivity index (χ4v) is 7.41. The number of nitrogens with one attached hydrogen (secondary N) is 2. The monoisotopic (exact) mass is 622 g/mol. The Balaban J connectivity index is 1.74. The molecule has 0 saturated heterocycles. The molecule has 8 nitrogen and oxygen atoms in total. The molecule has 3 N–H and O–H groups in total. The summed E-state index contributed by atoms with van der Waals surface area (Å²) in [6.45, 7) is 9.46. The molecule has 0 saturated carbocycles. The van der Waals surface area contributed by atoms with Crippen LogP contribution in [0.25, 0.3) is 22.1 Å². The number of esters is 1. The molecule has 238 valence electrons. The number of aliphatic hydroxyl groups is 1. The van der Waals surface area contributed by atoms with E-state index in [2.05, 4.69) is 9.97 Å². The van der Waals surface area contributed by atoms with Crippen LogP contribution < -0.4 is 0 Å². The third-order valence-electron chi connectivity index (χ3n) is 10.0. The van der Waals surface area contributed by atoms with E-state index in [9.17, 15) is 27.9 Å². The van der Waals surface area contributed by atoms with Crippen molar-refractivity contribution in [2.75, 3.05) is 7.11 Å². The molecule has 3 aromatic heterocycles. The fourth-order valence-electron chi connectivity index (χ4n) is 7.41. The molecule has 11 heteroatoms. The van der Waals surface area contributed by atoms with Crippen LogP contribution in [-0.2, 0) is 16.0 Å². The number of carbonyl (C=O) groups is 2. The van der Waals surface area contributed by atoms with Crippen LogP contribution in [0.2, 0.25) is 0 Å². The molecule has 1 unspecified atom stereocenters. The molecule has 45 heavy (non-hydrogen) atoms. The molecule has 0 amide bonds. The number of nitrogens with zero attached hydrogens (tertiary/aromatic N) is 2. The Morgan fingerprint density at radius 1 is 1.00 bits per heavy atom. The third kappa shape index (κ3) is 5.05. The van der Waals surface area contributed by atoms with Crippen LogP contribution >= 0.6 is 0 Å². The molecular weight excluding hydrogens is 585 g/mol. The zero-order chi connectivity index (χ0) is 32.5. The lowest BCUT2D eigenvalue weighted by molar-refractivity contribution is -0.206. The number of H-pyrrole nitrogens is 2. The first-order valence-corrected chi connectivity index (χ1v) is 15.4. The number of aliphatic hydroxyl groups excluding tert-OH is 1.